The first kappa shape index (κ1) is 14.5. The van der Waals surface area contributed by atoms with Gasteiger partial charge >= 0.3 is 0 Å². The summed E-state index contributed by atoms with van der Waals surface area (Å²) >= 11 is 0. The van der Waals surface area contributed by atoms with E-state index in [-0.39, 0.29) is 25.7 Å². The van der Waals surface area contributed by atoms with Crippen LogP contribution in [-0.4, -0.2) is 42.0 Å². The van der Waals surface area contributed by atoms with E-state index in [1.54, 1.807) is 6.07 Å². The van der Waals surface area contributed by atoms with Gasteiger partial charge in [0.25, 0.3) is 5.91 Å². The molecule has 1 rings (SSSR count). The van der Waals surface area contributed by atoms with E-state index in [2.05, 4.69) is 5.32 Å². The van der Waals surface area contributed by atoms with Crippen molar-refractivity contribution >= 4 is 5.91 Å². The standard InChI is InChI=1S/C13H19NO4/c1-9-4-3-5-12(10(9)2)18-8-13(17)14-11(6-15)7-16/h3-5,11,15-16H,6-8H2,1-2H3,(H,14,17). The monoisotopic (exact) mass is 253 g/mol. The van der Waals surface area contributed by atoms with Crippen LogP contribution in [0.4, 0.5) is 0 Å². The summed E-state index contributed by atoms with van der Waals surface area (Å²) in [6, 6.07) is 4.99. The van der Waals surface area contributed by atoms with E-state index in [4.69, 9.17) is 14.9 Å². The normalized spacial score (nSPS) is 10.5. The molecule has 5 heteroatoms. The van der Waals surface area contributed by atoms with E-state index in [1.807, 2.05) is 26.0 Å². The highest BCUT2D eigenvalue weighted by molar-refractivity contribution is 5.77. The summed E-state index contributed by atoms with van der Waals surface area (Å²) in [7, 11) is 0. The number of ether oxygens (including phenoxy) is 1. The van der Waals surface area contributed by atoms with Crippen LogP contribution in [0.15, 0.2) is 18.2 Å². The van der Waals surface area contributed by atoms with E-state index in [1.165, 1.54) is 0 Å². The lowest BCUT2D eigenvalue weighted by molar-refractivity contribution is -0.124. The Balaban J connectivity index is 2.50. The summed E-state index contributed by atoms with van der Waals surface area (Å²) in [5, 5.41) is 20.1. The lowest BCUT2D eigenvalue weighted by atomic mass is 10.1. The highest BCUT2D eigenvalue weighted by Crippen LogP contribution is 2.20. The van der Waals surface area contributed by atoms with Crippen molar-refractivity contribution in [3.05, 3.63) is 29.3 Å². The quantitative estimate of drug-likeness (QED) is 0.674. The maximum absolute atomic E-state index is 11.5. The lowest BCUT2D eigenvalue weighted by Crippen LogP contribution is -2.42. The molecular formula is C13H19NO4. The van der Waals surface area contributed by atoms with Crippen LogP contribution in [0.3, 0.4) is 0 Å². The third-order valence-corrected chi connectivity index (χ3v) is 2.72. The van der Waals surface area contributed by atoms with Crippen molar-refractivity contribution in [1.29, 1.82) is 0 Å². The number of hydrogen-bond donors (Lipinski definition) is 3. The molecule has 0 aromatic heterocycles. The van der Waals surface area contributed by atoms with Gasteiger partial charge in [-0.2, -0.15) is 0 Å². The molecule has 1 aromatic rings. The van der Waals surface area contributed by atoms with Gasteiger partial charge in [-0.05, 0) is 31.0 Å². The van der Waals surface area contributed by atoms with Crippen LogP contribution < -0.4 is 10.1 Å². The second-order valence-electron chi connectivity index (χ2n) is 4.12. The summed E-state index contributed by atoms with van der Waals surface area (Å²) in [6.45, 7) is 3.15. The summed E-state index contributed by atoms with van der Waals surface area (Å²) in [5.74, 6) is 0.290. The molecule has 1 aromatic carbocycles. The molecule has 0 bridgehead atoms. The number of amides is 1. The van der Waals surface area contributed by atoms with Crippen LogP contribution in [0, 0.1) is 13.8 Å². The third kappa shape index (κ3) is 4.01. The Morgan fingerprint density at radius 1 is 1.33 bits per heavy atom. The Bertz CT molecular complexity index is 402. The second-order valence-corrected chi connectivity index (χ2v) is 4.12. The number of nitrogens with one attached hydrogen (secondary N) is 1. The van der Waals surface area contributed by atoms with Crippen molar-refractivity contribution in [1.82, 2.24) is 5.32 Å². The molecule has 0 saturated heterocycles. The summed E-state index contributed by atoms with van der Waals surface area (Å²) < 4.78 is 5.39. The van der Waals surface area contributed by atoms with Crippen molar-refractivity contribution in [2.24, 2.45) is 0 Å². The van der Waals surface area contributed by atoms with E-state index >= 15 is 0 Å². The molecule has 3 N–H and O–H groups in total. The molecule has 100 valence electrons. The van der Waals surface area contributed by atoms with Crippen molar-refractivity contribution in [2.45, 2.75) is 19.9 Å². The van der Waals surface area contributed by atoms with E-state index in [0.717, 1.165) is 11.1 Å². The third-order valence-electron chi connectivity index (χ3n) is 2.72. The fraction of sp³-hybridized carbons (Fsp3) is 0.462. The number of hydrogen-bond acceptors (Lipinski definition) is 4. The van der Waals surface area contributed by atoms with Crippen LogP contribution in [-0.2, 0) is 4.79 Å². The molecule has 18 heavy (non-hydrogen) atoms. The minimum Gasteiger partial charge on any atom is -0.483 e. The minimum atomic E-state index is -0.639. The summed E-state index contributed by atoms with van der Waals surface area (Å²) in [4.78, 5) is 11.5. The maximum atomic E-state index is 11.5. The largest absolute Gasteiger partial charge is 0.483 e. The van der Waals surface area contributed by atoms with Crippen molar-refractivity contribution in [2.75, 3.05) is 19.8 Å². The van der Waals surface area contributed by atoms with Crippen molar-refractivity contribution < 1.29 is 19.7 Å². The fourth-order valence-electron chi connectivity index (χ4n) is 1.44. The molecule has 1 amide bonds. The molecule has 5 nitrogen and oxygen atoms in total. The lowest BCUT2D eigenvalue weighted by Gasteiger charge is -2.14. The molecule has 0 fully saturated rings. The maximum Gasteiger partial charge on any atom is 0.258 e. The highest BCUT2D eigenvalue weighted by atomic mass is 16.5. The number of aliphatic hydroxyl groups is 2. The average molecular weight is 253 g/mol. The van der Waals surface area contributed by atoms with E-state index in [9.17, 15) is 4.79 Å². The van der Waals surface area contributed by atoms with Crippen LogP contribution >= 0.6 is 0 Å². The van der Waals surface area contributed by atoms with Crippen LogP contribution in [0.1, 0.15) is 11.1 Å². The smallest absolute Gasteiger partial charge is 0.258 e. The van der Waals surface area contributed by atoms with Gasteiger partial charge in [0, 0.05) is 0 Å². The Morgan fingerprint density at radius 3 is 2.61 bits per heavy atom. The van der Waals surface area contributed by atoms with Crippen LogP contribution in [0.2, 0.25) is 0 Å². The van der Waals surface area contributed by atoms with Gasteiger partial charge in [0.05, 0.1) is 19.3 Å². The molecule has 0 spiro atoms. The Kier molecular flexibility index (Phi) is 5.61. The first-order valence-corrected chi connectivity index (χ1v) is 5.78. The highest BCUT2D eigenvalue weighted by Gasteiger charge is 2.11. The first-order valence-electron chi connectivity index (χ1n) is 5.78. The number of aliphatic hydroxyl groups excluding tert-OH is 2. The zero-order chi connectivity index (χ0) is 13.5. The molecule has 0 aliphatic heterocycles. The minimum absolute atomic E-state index is 0.138. The molecule has 0 saturated carbocycles. The Labute approximate surface area is 106 Å². The van der Waals surface area contributed by atoms with Gasteiger partial charge in [0.1, 0.15) is 5.75 Å². The number of aryl methyl sites for hydroxylation is 1. The average Bonchev–Trinajstić information content (AvgIpc) is 2.37. The van der Waals surface area contributed by atoms with Gasteiger partial charge in [0.2, 0.25) is 0 Å². The van der Waals surface area contributed by atoms with Gasteiger partial charge in [-0.15, -0.1) is 0 Å². The van der Waals surface area contributed by atoms with Gasteiger partial charge in [-0.1, -0.05) is 12.1 Å². The number of rotatable bonds is 6. The van der Waals surface area contributed by atoms with Crippen molar-refractivity contribution in [3.8, 4) is 5.75 Å². The van der Waals surface area contributed by atoms with Gasteiger partial charge in [-0.25, -0.2) is 0 Å². The molecule has 0 aliphatic rings. The van der Waals surface area contributed by atoms with Gasteiger partial charge in [0.15, 0.2) is 6.61 Å². The van der Waals surface area contributed by atoms with Crippen molar-refractivity contribution in [3.63, 3.8) is 0 Å². The molecule has 0 heterocycles. The Hall–Kier alpha value is -1.59. The fourth-order valence-corrected chi connectivity index (χ4v) is 1.44. The zero-order valence-corrected chi connectivity index (χ0v) is 10.6. The molecular weight excluding hydrogens is 234 g/mol. The molecule has 0 unspecified atom stereocenters. The summed E-state index contributed by atoms with van der Waals surface area (Å²) in [5.41, 5.74) is 2.09. The molecule has 0 radical (unpaired) electrons. The van der Waals surface area contributed by atoms with Gasteiger partial charge < -0.3 is 20.3 Å². The number of carbonyl (C=O) groups excluding carboxylic acids is 1. The zero-order valence-electron chi connectivity index (χ0n) is 10.6. The van der Waals surface area contributed by atoms with E-state index < -0.39 is 6.04 Å². The SMILES string of the molecule is Cc1cccc(OCC(=O)NC(CO)CO)c1C. The topological polar surface area (TPSA) is 78.8 Å². The van der Waals surface area contributed by atoms with Gasteiger partial charge in [-0.3, -0.25) is 4.79 Å². The first-order chi connectivity index (χ1) is 8.58. The predicted octanol–water partition coefficient (Wildman–Crippen LogP) is 0.152. The predicted molar refractivity (Wildman–Crippen MR) is 67.5 cm³/mol. The van der Waals surface area contributed by atoms with Crippen LogP contribution in [0.25, 0.3) is 0 Å². The van der Waals surface area contributed by atoms with Crippen LogP contribution in [0.5, 0.6) is 5.75 Å². The molecule has 0 atom stereocenters. The Morgan fingerprint density at radius 2 is 2.00 bits per heavy atom. The second kappa shape index (κ2) is 6.98. The van der Waals surface area contributed by atoms with E-state index in [0.29, 0.717) is 5.75 Å². The number of benzene rings is 1. The summed E-state index contributed by atoms with van der Waals surface area (Å²) in [6.07, 6.45) is 0. The molecule has 0 aliphatic carbocycles. The number of carbonyl (C=O) groups is 1.